The van der Waals surface area contributed by atoms with Crippen LogP contribution in [-0.2, 0) is 20.0 Å². The number of hydrogen-bond donors (Lipinski definition) is 2. The largest absolute Gasteiger partial charge is 0.487 e. The SMILES string of the molecule is C[C@@H](O)C#Cc1ccc2c(c1)O[C@@H](CN(C)S(=O)(=O)c1ccc(-c3ccccc3)cc1)[C@@H](C)CN([C@@H](C)CO)S2(=O)=O. The van der Waals surface area contributed by atoms with Crippen molar-refractivity contribution in [3.8, 4) is 28.7 Å². The van der Waals surface area contributed by atoms with Gasteiger partial charge in [0.15, 0.2) is 0 Å². The van der Waals surface area contributed by atoms with E-state index in [1.807, 2.05) is 30.3 Å². The zero-order chi connectivity index (χ0) is 30.7. The molecule has 224 valence electrons. The molecule has 9 nitrogen and oxygen atoms in total. The van der Waals surface area contributed by atoms with Crippen molar-refractivity contribution in [1.29, 1.82) is 0 Å². The van der Waals surface area contributed by atoms with Gasteiger partial charge in [-0.25, -0.2) is 16.8 Å². The van der Waals surface area contributed by atoms with Gasteiger partial charge >= 0.3 is 0 Å². The molecule has 0 amide bonds. The molecule has 0 bridgehead atoms. The Morgan fingerprint density at radius 1 is 1.05 bits per heavy atom. The molecule has 0 radical (unpaired) electrons. The van der Waals surface area contributed by atoms with Crippen molar-refractivity contribution in [2.75, 3.05) is 26.7 Å². The highest BCUT2D eigenvalue weighted by Crippen LogP contribution is 2.34. The van der Waals surface area contributed by atoms with Crippen LogP contribution < -0.4 is 4.74 Å². The van der Waals surface area contributed by atoms with Gasteiger partial charge in [-0.15, -0.1) is 0 Å². The van der Waals surface area contributed by atoms with Crippen LogP contribution in [0.3, 0.4) is 0 Å². The smallest absolute Gasteiger partial charge is 0.247 e. The second-order valence-electron chi connectivity index (χ2n) is 10.5. The van der Waals surface area contributed by atoms with Crippen molar-refractivity contribution in [3.63, 3.8) is 0 Å². The van der Waals surface area contributed by atoms with Crippen LogP contribution in [0.5, 0.6) is 5.75 Å². The Kier molecular flexibility index (Phi) is 9.77. The highest BCUT2D eigenvalue weighted by Gasteiger charge is 2.39. The third kappa shape index (κ3) is 6.86. The van der Waals surface area contributed by atoms with Crippen molar-refractivity contribution in [1.82, 2.24) is 8.61 Å². The molecule has 4 atom stereocenters. The molecule has 1 aliphatic heterocycles. The molecule has 0 aliphatic carbocycles. The van der Waals surface area contributed by atoms with Crippen LogP contribution in [0.2, 0.25) is 0 Å². The van der Waals surface area contributed by atoms with E-state index >= 15 is 0 Å². The average molecular weight is 613 g/mol. The predicted molar refractivity (Wildman–Crippen MR) is 161 cm³/mol. The first-order chi connectivity index (χ1) is 19.8. The molecule has 1 heterocycles. The number of ether oxygens (including phenoxy) is 1. The van der Waals surface area contributed by atoms with E-state index < -0.39 is 50.8 Å². The van der Waals surface area contributed by atoms with E-state index in [4.69, 9.17) is 4.74 Å². The summed E-state index contributed by atoms with van der Waals surface area (Å²) in [4.78, 5) is 0.0154. The second kappa shape index (κ2) is 13.0. The van der Waals surface area contributed by atoms with Gasteiger partial charge in [0.2, 0.25) is 20.0 Å². The Hall–Kier alpha value is -3.24. The van der Waals surface area contributed by atoms with E-state index in [1.165, 1.54) is 40.8 Å². The van der Waals surface area contributed by atoms with Gasteiger partial charge in [-0.2, -0.15) is 8.61 Å². The molecule has 11 heteroatoms. The zero-order valence-corrected chi connectivity index (χ0v) is 25.6. The van der Waals surface area contributed by atoms with E-state index in [2.05, 4.69) is 11.8 Å². The maximum absolute atomic E-state index is 13.7. The van der Waals surface area contributed by atoms with E-state index in [1.54, 1.807) is 38.1 Å². The Balaban J connectivity index is 1.68. The Bertz CT molecular complexity index is 1660. The molecule has 3 aromatic rings. The fourth-order valence-electron chi connectivity index (χ4n) is 4.69. The fraction of sp³-hybridized carbons (Fsp3) is 0.355. The standard InChI is InChI=1S/C31H36N2O7S2/c1-22-19-33(23(2)21-34)42(38,39)31-17-12-25(11-10-24(3)35)18-29(31)40-30(22)20-32(4)41(36,37)28-15-13-27(14-16-28)26-8-6-5-7-9-26/h5-9,12-18,22-24,30,34-35H,19-21H2,1-4H3/t22-,23-,24+,30-/m0/s1. The summed E-state index contributed by atoms with van der Waals surface area (Å²) in [5.74, 6) is 5.00. The Labute approximate surface area is 248 Å². The number of aliphatic hydroxyl groups excluding tert-OH is 2. The average Bonchev–Trinajstić information content (AvgIpc) is 2.97. The molecule has 0 saturated carbocycles. The lowest BCUT2D eigenvalue weighted by molar-refractivity contribution is 0.0904. The quantitative estimate of drug-likeness (QED) is 0.393. The maximum atomic E-state index is 13.7. The summed E-state index contributed by atoms with van der Waals surface area (Å²) >= 11 is 0. The first kappa shape index (κ1) is 31.7. The molecule has 0 fully saturated rings. The molecular weight excluding hydrogens is 576 g/mol. The number of likely N-dealkylation sites (N-methyl/N-ethyl adjacent to an activating group) is 1. The highest BCUT2D eigenvalue weighted by atomic mass is 32.2. The number of nitrogens with zero attached hydrogens (tertiary/aromatic N) is 2. The molecule has 1 aliphatic rings. The van der Waals surface area contributed by atoms with Crippen molar-refractivity contribution in [3.05, 3.63) is 78.4 Å². The number of aliphatic hydroxyl groups is 2. The molecule has 0 unspecified atom stereocenters. The van der Waals surface area contributed by atoms with Gasteiger partial charge in [0, 0.05) is 31.1 Å². The van der Waals surface area contributed by atoms with Gasteiger partial charge in [0.25, 0.3) is 0 Å². The molecule has 3 aromatic carbocycles. The Morgan fingerprint density at radius 3 is 2.31 bits per heavy atom. The van der Waals surface area contributed by atoms with Crippen LogP contribution in [0.25, 0.3) is 11.1 Å². The summed E-state index contributed by atoms with van der Waals surface area (Å²) in [5, 5.41) is 19.4. The topological polar surface area (TPSA) is 124 Å². The summed E-state index contributed by atoms with van der Waals surface area (Å²) in [5.41, 5.74) is 2.29. The normalized spacial score (nSPS) is 20.3. The molecule has 4 rings (SSSR count). The minimum atomic E-state index is -4.07. The van der Waals surface area contributed by atoms with Crippen LogP contribution >= 0.6 is 0 Å². The molecule has 0 spiro atoms. The first-order valence-electron chi connectivity index (χ1n) is 13.6. The molecule has 42 heavy (non-hydrogen) atoms. The van der Waals surface area contributed by atoms with Crippen LogP contribution in [0.1, 0.15) is 26.3 Å². The van der Waals surface area contributed by atoms with E-state index in [-0.39, 0.29) is 28.6 Å². The van der Waals surface area contributed by atoms with Crippen LogP contribution in [0, 0.1) is 17.8 Å². The lowest BCUT2D eigenvalue weighted by atomic mass is 10.0. The predicted octanol–water partition coefficient (Wildman–Crippen LogP) is 3.18. The summed E-state index contributed by atoms with van der Waals surface area (Å²) in [6, 6.07) is 20.0. The van der Waals surface area contributed by atoms with Gasteiger partial charge < -0.3 is 14.9 Å². The monoisotopic (exact) mass is 612 g/mol. The summed E-state index contributed by atoms with van der Waals surface area (Å²) in [7, 11) is -6.51. The maximum Gasteiger partial charge on any atom is 0.247 e. The van der Waals surface area contributed by atoms with Crippen LogP contribution in [0.4, 0.5) is 0 Å². The van der Waals surface area contributed by atoms with Gasteiger partial charge in [0.05, 0.1) is 18.0 Å². The van der Waals surface area contributed by atoms with E-state index in [0.717, 1.165) is 11.1 Å². The number of hydrogen-bond acceptors (Lipinski definition) is 7. The molecule has 0 aromatic heterocycles. The molecule has 0 saturated heterocycles. The first-order valence-corrected chi connectivity index (χ1v) is 16.5. The van der Waals surface area contributed by atoms with Crippen LogP contribution in [-0.4, -0.2) is 80.7 Å². The Morgan fingerprint density at radius 2 is 1.69 bits per heavy atom. The van der Waals surface area contributed by atoms with Crippen molar-refractivity contribution < 1.29 is 31.8 Å². The summed E-state index contributed by atoms with van der Waals surface area (Å²) in [6.45, 7) is 4.47. The third-order valence-corrected chi connectivity index (χ3v) is 11.1. The van der Waals surface area contributed by atoms with Crippen molar-refractivity contribution >= 4 is 20.0 Å². The lowest BCUT2D eigenvalue weighted by Gasteiger charge is -2.37. The van der Waals surface area contributed by atoms with Crippen molar-refractivity contribution in [2.24, 2.45) is 5.92 Å². The van der Waals surface area contributed by atoms with Crippen LogP contribution in [0.15, 0.2) is 82.6 Å². The number of rotatable bonds is 7. The second-order valence-corrected chi connectivity index (χ2v) is 14.4. The van der Waals surface area contributed by atoms with Gasteiger partial charge in [0.1, 0.15) is 22.9 Å². The zero-order valence-electron chi connectivity index (χ0n) is 24.0. The third-order valence-electron chi connectivity index (χ3n) is 7.20. The number of sulfonamides is 2. The minimum Gasteiger partial charge on any atom is -0.487 e. The minimum absolute atomic E-state index is 0.0113. The van der Waals surface area contributed by atoms with Gasteiger partial charge in [-0.05, 0) is 55.3 Å². The number of benzene rings is 3. The van der Waals surface area contributed by atoms with Gasteiger partial charge in [-0.1, -0.05) is 61.2 Å². The summed E-state index contributed by atoms with van der Waals surface area (Å²) < 4.78 is 63.2. The van der Waals surface area contributed by atoms with Gasteiger partial charge in [-0.3, -0.25) is 0 Å². The highest BCUT2D eigenvalue weighted by molar-refractivity contribution is 7.89. The van der Waals surface area contributed by atoms with E-state index in [9.17, 15) is 27.0 Å². The lowest BCUT2D eigenvalue weighted by Crippen LogP contribution is -2.50. The number of fused-ring (bicyclic) bond motifs is 1. The fourth-order valence-corrected chi connectivity index (χ4v) is 7.70. The summed E-state index contributed by atoms with van der Waals surface area (Å²) in [6.07, 6.45) is -1.62. The van der Waals surface area contributed by atoms with E-state index in [0.29, 0.717) is 5.56 Å². The molecule has 2 N–H and O–H groups in total. The molecular formula is C31H36N2O7S2. The van der Waals surface area contributed by atoms with Crippen molar-refractivity contribution in [2.45, 2.75) is 48.8 Å².